The second-order valence-corrected chi connectivity index (χ2v) is 7.49. The van der Waals surface area contributed by atoms with E-state index in [1.807, 2.05) is 18.2 Å². The highest BCUT2D eigenvalue weighted by atomic mass is 19.4. The Kier molecular flexibility index (Phi) is 6.60. The zero-order valence-electron chi connectivity index (χ0n) is 16.2. The van der Waals surface area contributed by atoms with Crippen LogP contribution in [0, 0.1) is 0 Å². The van der Waals surface area contributed by atoms with Gasteiger partial charge in [0.05, 0.1) is 0 Å². The fourth-order valence-corrected chi connectivity index (χ4v) is 3.89. The number of halogens is 3. The summed E-state index contributed by atoms with van der Waals surface area (Å²) in [5.74, 6) is -0.375. The first kappa shape index (κ1) is 20.6. The van der Waals surface area contributed by atoms with Crippen molar-refractivity contribution in [1.29, 1.82) is 0 Å². The topological polar surface area (TPSA) is 32.3 Å². The van der Waals surface area contributed by atoms with Gasteiger partial charge in [0.25, 0.3) is 0 Å². The van der Waals surface area contributed by atoms with E-state index in [0.29, 0.717) is 5.39 Å². The minimum Gasteiger partial charge on any atom is -0.288 e. The van der Waals surface area contributed by atoms with Gasteiger partial charge in [-0.25, -0.2) is 5.01 Å². The summed E-state index contributed by atoms with van der Waals surface area (Å²) >= 11 is 0. The van der Waals surface area contributed by atoms with Gasteiger partial charge in [-0.3, -0.25) is 10.2 Å². The summed E-state index contributed by atoms with van der Waals surface area (Å²) in [4.78, 5) is 11.5. The molecular weight excluding hydrogens is 365 g/mol. The number of unbranched alkanes of at least 4 members (excludes halogenated alkanes) is 4. The summed E-state index contributed by atoms with van der Waals surface area (Å²) in [5, 5.41) is 2.41. The number of fused-ring (bicyclic) bond motifs is 1. The van der Waals surface area contributed by atoms with Crippen LogP contribution in [0.5, 0.6) is 0 Å². The van der Waals surface area contributed by atoms with Gasteiger partial charge in [-0.15, -0.1) is 0 Å². The van der Waals surface area contributed by atoms with Crippen LogP contribution >= 0.6 is 0 Å². The highest BCUT2D eigenvalue weighted by Crippen LogP contribution is 2.40. The number of hydrogen-bond donors (Lipinski definition) is 1. The molecule has 1 amide bonds. The molecule has 0 spiro atoms. The molecule has 1 atom stereocenters. The van der Waals surface area contributed by atoms with E-state index in [9.17, 15) is 18.0 Å². The van der Waals surface area contributed by atoms with Gasteiger partial charge in [-0.05, 0) is 34.7 Å². The van der Waals surface area contributed by atoms with Crippen molar-refractivity contribution in [3.8, 4) is 0 Å². The maximum atomic E-state index is 13.9. The van der Waals surface area contributed by atoms with E-state index in [2.05, 4.69) is 12.3 Å². The molecular formula is C22H27F3N2O. The Balaban J connectivity index is 1.85. The van der Waals surface area contributed by atoms with Gasteiger partial charge in [0.15, 0.2) is 6.04 Å². The van der Waals surface area contributed by atoms with Crippen LogP contribution in [0.2, 0.25) is 0 Å². The molecule has 2 aromatic carbocycles. The number of rotatable bonds is 8. The number of aryl methyl sites for hydroxylation is 1. The van der Waals surface area contributed by atoms with Crippen LogP contribution in [0.4, 0.5) is 13.2 Å². The molecule has 3 nitrogen and oxygen atoms in total. The van der Waals surface area contributed by atoms with Gasteiger partial charge < -0.3 is 0 Å². The fraction of sp³-hybridized carbons (Fsp3) is 0.500. The Morgan fingerprint density at radius 3 is 2.57 bits per heavy atom. The first-order valence-electron chi connectivity index (χ1n) is 10.0. The molecule has 1 N–H and O–H groups in total. The largest absolute Gasteiger partial charge is 0.409 e. The monoisotopic (exact) mass is 392 g/mol. The Morgan fingerprint density at radius 2 is 1.89 bits per heavy atom. The number of nitrogens with one attached hydrogen (secondary N) is 1. The van der Waals surface area contributed by atoms with Crippen LogP contribution in [0.25, 0.3) is 10.8 Å². The molecule has 0 aliphatic carbocycles. The van der Waals surface area contributed by atoms with Crippen LogP contribution in [-0.2, 0) is 11.2 Å². The van der Waals surface area contributed by atoms with Crippen molar-refractivity contribution in [2.75, 3.05) is 6.54 Å². The molecule has 28 heavy (non-hydrogen) atoms. The standard InChI is InChI=1S/C22H27F3N2O/c1-2-3-4-5-6-8-16-11-12-18-17(15-16)9-7-10-19(18)21(22(23,24)25)27-14-13-20(28)26-27/h7,9-12,15,21H,2-6,8,13-14H2,1H3,(H,26,28). The molecule has 0 radical (unpaired) electrons. The lowest BCUT2D eigenvalue weighted by atomic mass is 9.95. The van der Waals surface area contributed by atoms with Crippen LogP contribution in [0.3, 0.4) is 0 Å². The minimum absolute atomic E-state index is 0.0508. The van der Waals surface area contributed by atoms with Crippen molar-refractivity contribution in [2.24, 2.45) is 0 Å². The third kappa shape index (κ3) is 4.85. The Morgan fingerprint density at radius 1 is 1.11 bits per heavy atom. The number of hydrazine groups is 1. The van der Waals surface area contributed by atoms with E-state index in [0.717, 1.165) is 28.8 Å². The first-order chi connectivity index (χ1) is 13.4. The number of benzene rings is 2. The predicted molar refractivity (Wildman–Crippen MR) is 105 cm³/mol. The van der Waals surface area contributed by atoms with Crippen LogP contribution in [0.15, 0.2) is 36.4 Å². The van der Waals surface area contributed by atoms with E-state index in [1.165, 1.54) is 31.7 Å². The second kappa shape index (κ2) is 8.95. The lowest BCUT2D eigenvalue weighted by molar-refractivity contribution is -0.190. The van der Waals surface area contributed by atoms with Gasteiger partial charge in [0, 0.05) is 13.0 Å². The molecule has 0 bridgehead atoms. The predicted octanol–water partition coefficient (Wildman–Crippen LogP) is 5.69. The van der Waals surface area contributed by atoms with E-state index in [4.69, 9.17) is 0 Å². The van der Waals surface area contributed by atoms with Crippen LogP contribution in [0.1, 0.15) is 62.6 Å². The van der Waals surface area contributed by atoms with Crippen molar-refractivity contribution in [3.63, 3.8) is 0 Å². The summed E-state index contributed by atoms with van der Waals surface area (Å²) in [6, 6.07) is 8.91. The molecule has 1 aliphatic heterocycles. The normalized spacial score (nSPS) is 16.5. The number of carbonyl (C=O) groups excluding carboxylic acids is 1. The van der Waals surface area contributed by atoms with E-state index in [-0.39, 0.29) is 24.4 Å². The molecule has 1 unspecified atom stereocenters. The average Bonchev–Trinajstić information content (AvgIpc) is 3.06. The summed E-state index contributed by atoms with van der Waals surface area (Å²) < 4.78 is 41.6. The number of carbonyl (C=O) groups is 1. The third-order valence-corrected chi connectivity index (χ3v) is 5.31. The fourth-order valence-electron chi connectivity index (χ4n) is 3.89. The quantitative estimate of drug-likeness (QED) is 0.585. The zero-order valence-corrected chi connectivity index (χ0v) is 16.2. The van der Waals surface area contributed by atoms with Gasteiger partial charge in [0.2, 0.25) is 5.91 Å². The summed E-state index contributed by atoms with van der Waals surface area (Å²) in [6.45, 7) is 2.23. The molecule has 1 fully saturated rings. The Hall–Kier alpha value is -2.08. The SMILES string of the molecule is CCCCCCCc1ccc2c(C(N3CCC(=O)N3)C(F)(F)F)cccc2c1. The Bertz CT molecular complexity index is 819. The summed E-state index contributed by atoms with van der Waals surface area (Å²) in [6.07, 6.45) is 2.48. The highest BCUT2D eigenvalue weighted by molar-refractivity contribution is 5.87. The third-order valence-electron chi connectivity index (χ3n) is 5.31. The van der Waals surface area contributed by atoms with E-state index >= 15 is 0 Å². The van der Waals surface area contributed by atoms with Gasteiger partial charge >= 0.3 is 6.18 Å². The van der Waals surface area contributed by atoms with Crippen molar-refractivity contribution in [1.82, 2.24) is 10.4 Å². The molecule has 1 aliphatic rings. The van der Waals surface area contributed by atoms with Crippen LogP contribution in [-0.4, -0.2) is 23.6 Å². The highest BCUT2D eigenvalue weighted by Gasteiger charge is 2.47. The number of amides is 1. The smallest absolute Gasteiger partial charge is 0.288 e. The maximum absolute atomic E-state index is 13.9. The molecule has 3 rings (SSSR count). The molecule has 1 heterocycles. The molecule has 152 valence electrons. The summed E-state index contributed by atoms with van der Waals surface area (Å²) in [5.41, 5.74) is 3.69. The average molecular weight is 392 g/mol. The minimum atomic E-state index is -4.48. The Labute approximate surface area is 163 Å². The zero-order chi connectivity index (χ0) is 20.1. The van der Waals surface area contributed by atoms with Crippen molar-refractivity contribution in [2.45, 2.75) is 64.1 Å². The lowest BCUT2D eigenvalue weighted by Crippen LogP contribution is -2.43. The van der Waals surface area contributed by atoms with Crippen LogP contribution < -0.4 is 5.43 Å². The molecule has 0 saturated carbocycles. The lowest BCUT2D eigenvalue weighted by Gasteiger charge is -2.30. The van der Waals surface area contributed by atoms with E-state index < -0.39 is 12.2 Å². The first-order valence-corrected chi connectivity index (χ1v) is 10.0. The van der Waals surface area contributed by atoms with Crippen molar-refractivity contribution in [3.05, 3.63) is 47.5 Å². The van der Waals surface area contributed by atoms with Gasteiger partial charge in [-0.2, -0.15) is 13.2 Å². The number of alkyl halides is 3. The van der Waals surface area contributed by atoms with Gasteiger partial charge in [0.1, 0.15) is 0 Å². The van der Waals surface area contributed by atoms with Crippen molar-refractivity contribution < 1.29 is 18.0 Å². The molecule has 1 saturated heterocycles. The van der Waals surface area contributed by atoms with Gasteiger partial charge in [-0.1, -0.05) is 69.0 Å². The van der Waals surface area contributed by atoms with E-state index in [1.54, 1.807) is 12.1 Å². The second-order valence-electron chi connectivity index (χ2n) is 7.49. The molecule has 0 aromatic heterocycles. The molecule has 6 heteroatoms. The maximum Gasteiger partial charge on any atom is 0.409 e. The van der Waals surface area contributed by atoms with Crippen molar-refractivity contribution >= 4 is 16.7 Å². The number of hydrogen-bond acceptors (Lipinski definition) is 2. The number of nitrogens with zero attached hydrogens (tertiary/aromatic N) is 1. The molecule has 2 aromatic rings. The summed E-state index contributed by atoms with van der Waals surface area (Å²) in [7, 11) is 0.